The number of hydrogen-bond acceptors (Lipinski definition) is 8. The number of carbonyl (C=O) groups is 1. The van der Waals surface area contributed by atoms with E-state index < -0.39 is 17.1 Å². The van der Waals surface area contributed by atoms with Crippen molar-refractivity contribution in [1.29, 1.82) is 0 Å². The molecule has 0 saturated heterocycles. The van der Waals surface area contributed by atoms with E-state index in [0.29, 0.717) is 0 Å². The molecular weight excluding hydrogens is 313 g/mol. The molecule has 23 heavy (non-hydrogen) atoms. The first-order valence-electron chi connectivity index (χ1n) is 6.02. The van der Waals surface area contributed by atoms with Crippen molar-refractivity contribution < 1.29 is 19.6 Å². The number of benzene rings is 1. The van der Waals surface area contributed by atoms with Crippen molar-refractivity contribution in [3.8, 4) is 0 Å². The number of nitrogens with zero attached hydrogens (tertiary/aromatic N) is 3. The summed E-state index contributed by atoms with van der Waals surface area (Å²) in [5.41, 5.74) is -0.731. The monoisotopic (exact) mass is 323 g/mol. The van der Waals surface area contributed by atoms with Gasteiger partial charge in [0.25, 0.3) is 0 Å². The summed E-state index contributed by atoms with van der Waals surface area (Å²) in [5, 5.41) is 42.2. The van der Waals surface area contributed by atoms with Crippen molar-refractivity contribution in [2.75, 3.05) is 21.1 Å². The van der Waals surface area contributed by atoms with Crippen LogP contribution in [-0.2, 0) is 0 Å². The SMILES string of the molecule is O=C(Nc1ccc(N([O-])[O-])cn1)Nc1cc(N(O)O)ccc1F. The standard InChI is InChI=1S/C12H10FN5O5/c13-9-3-1-7(17(20)21)5-10(9)15-12(19)16-11-4-2-8(6-14-11)18(22)23/h1-6,20-21H,(H2,14,15,16,19)/q-2. The molecule has 0 aliphatic heterocycles. The minimum absolute atomic E-state index is 0.00982. The predicted octanol–water partition coefficient (Wildman–Crippen LogP) is 2.25. The van der Waals surface area contributed by atoms with Gasteiger partial charge in [-0.05, 0) is 30.3 Å². The molecule has 0 aliphatic carbocycles. The van der Waals surface area contributed by atoms with Crippen LogP contribution in [0.2, 0.25) is 0 Å². The molecule has 0 spiro atoms. The van der Waals surface area contributed by atoms with Crippen molar-refractivity contribution in [3.05, 3.63) is 52.8 Å². The van der Waals surface area contributed by atoms with Crippen LogP contribution in [0.25, 0.3) is 0 Å². The summed E-state index contributed by atoms with van der Waals surface area (Å²) in [7, 11) is 0. The number of amides is 2. The number of nitrogens with one attached hydrogen (secondary N) is 2. The smallest absolute Gasteiger partial charge is 0.324 e. The lowest BCUT2D eigenvalue weighted by Crippen LogP contribution is -2.21. The normalized spacial score (nSPS) is 10.1. The molecule has 1 aromatic carbocycles. The van der Waals surface area contributed by atoms with E-state index in [1.54, 1.807) is 0 Å². The Kier molecular flexibility index (Phi) is 4.88. The summed E-state index contributed by atoms with van der Waals surface area (Å²) in [6, 6.07) is 4.46. The average Bonchev–Trinajstić information content (AvgIpc) is 2.49. The number of carbonyl (C=O) groups excluding carboxylic acids is 1. The third-order valence-electron chi connectivity index (χ3n) is 2.63. The summed E-state index contributed by atoms with van der Waals surface area (Å²) in [4.78, 5) is 15.4. The fourth-order valence-corrected chi connectivity index (χ4v) is 1.57. The Morgan fingerprint density at radius 3 is 2.39 bits per heavy atom. The van der Waals surface area contributed by atoms with Gasteiger partial charge in [0, 0.05) is 5.69 Å². The van der Waals surface area contributed by atoms with Gasteiger partial charge < -0.3 is 21.0 Å². The van der Waals surface area contributed by atoms with Crippen LogP contribution in [0.4, 0.5) is 32.1 Å². The summed E-state index contributed by atoms with van der Waals surface area (Å²) in [5.74, 6) is -0.794. The largest absolute Gasteiger partial charge is 0.769 e. The molecule has 2 amide bonds. The van der Waals surface area contributed by atoms with Crippen LogP contribution in [0, 0.1) is 16.2 Å². The highest BCUT2D eigenvalue weighted by molar-refractivity contribution is 5.99. The summed E-state index contributed by atoms with van der Waals surface area (Å²) in [6.45, 7) is 0. The summed E-state index contributed by atoms with van der Waals surface area (Å²) >= 11 is 0. The molecule has 0 fully saturated rings. The number of anilines is 4. The molecule has 11 heteroatoms. The second-order valence-corrected chi connectivity index (χ2v) is 4.19. The van der Waals surface area contributed by atoms with E-state index >= 15 is 0 Å². The fraction of sp³-hybridized carbons (Fsp3) is 0. The number of pyridine rings is 1. The second kappa shape index (κ2) is 6.85. The molecule has 1 aromatic heterocycles. The zero-order valence-electron chi connectivity index (χ0n) is 11.3. The van der Waals surface area contributed by atoms with Crippen LogP contribution in [0.3, 0.4) is 0 Å². The van der Waals surface area contributed by atoms with Gasteiger partial charge in [-0.15, -0.1) is 5.23 Å². The molecule has 2 rings (SSSR count). The molecule has 1 heterocycles. The van der Waals surface area contributed by atoms with Crippen LogP contribution in [0.5, 0.6) is 0 Å². The van der Waals surface area contributed by atoms with Crippen molar-refractivity contribution in [2.45, 2.75) is 0 Å². The molecular formula is C12H10FN5O5-2. The van der Waals surface area contributed by atoms with Gasteiger partial charge in [-0.2, -0.15) is 0 Å². The summed E-state index contributed by atoms with van der Waals surface area (Å²) in [6.07, 6.45) is 0.951. The van der Waals surface area contributed by atoms with E-state index in [1.807, 2.05) is 0 Å². The maximum Gasteiger partial charge on any atom is 0.324 e. The molecule has 10 nitrogen and oxygen atoms in total. The lowest BCUT2D eigenvalue weighted by atomic mass is 10.2. The zero-order chi connectivity index (χ0) is 17.0. The van der Waals surface area contributed by atoms with Gasteiger partial charge in [0.2, 0.25) is 0 Å². The molecule has 0 radical (unpaired) electrons. The third-order valence-corrected chi connectivity index (χ3v) is 2.63. The van der Waals surface area contributed by atoms with E-state index in [4.69, 9.17) is 10.4 Å². The van der Waals surface area contributed by atoms with Crippen LogP contribution < -0.4 is 21.1 Å². The van der Waals surface area contributed by atoms with E-state index in [1.165, 1.54) is 6.07 Å². The minimum Gasteiger partial charge on any atom is -0.769 e. The maximum atomic E-state index is 13.6. The molecule has 4 N–H and O–H groups in total. The average molecular weight is 323 g/mol. The third kappa shape index (κ3) is 4.24. The highest BCUT2D eigenvalue weighted by Crippen LogP contribution is 2.21. The van der Waals surface area contributed by atoms with E-state index in [-0.39, 0.29) is 28.1 Å². The molecule has 0 unspecified atom stereocenters. The van der Waals surface area contributed by atoms with Crippen molar-refractivity contribution in [2.24, 2.45) is 0 Å². The second-order valence-electron chi connectivity index (χ2n) is 4.19. The molecule has 0 atom stereocenters. The molecule has 122 valence electrons. The predicted molar refractivity (Wildman–Crippen MR) is 78.5 cm³/mol. The highest BCUT2D eigenvalue weighted by Gasteiger charge is 2.10. The quantitative estimate of drug-likeness (QED) is 0.626. The number of urea groups is 1. The van der Waals surface area contributed by atoms with Crippen LogP contribution in [-0.4, -0.2) is 21.4 Å². The molecule has 2 aromatic rings. The van der Waals surface area contributed by atoms with Gasteiger partial charge in [-0.25, -0.2) is 14.2 Å². The van der Waals surface area contributed by atoms with Crippen LogP contribution in [0.15, 0.2) is 36.5 Å². The van der Waals surface area contributed by atoms with E-state index in [0.717, 1.165) is 30.5 Å². The number of halogens is 1. The lowest BCUT2D eigenvalue weighted by molar-refractivity contribution is 0.0291. The van der Waals surface area contributed by atoms with Crippen LogP contribution >= 0.6 is 0 Å². The molecule has 0 saturated carbocycles. The topological polar surface area (TPSA) is 147 Å². The van der Waals surface area contributed by atoms with Gasteiger partial charge in [-0.3, -0.25) is 15.7 Å². The van der Waals surface area contributed by atoms with Gasteiger partial charge in [0.05, 0.1) is 17.6 Å². The van der Waals surface area contributed by atoms with Gasteiger partial charge in [0.15, 0.2) is 0 Å². The minimum atomic E-state index is -0.871. The van der Waals surface area contributed by atoms with Crippen LogP contribution in [0.1, 0.15) is 0 Å². The maximum absolute atomic E-state index is 13.6. The Bertz CT molecular complexity index is 695. The number of rotatable bonds is 4. The van der Waals surface area contributed by atoms with Gasteiger partial charge in [0.1, 0.15) is 11.6 Å². The van der Waals surface area contributed by atoms with Gasteiger partial charge in [-0.1, -0.05) is 0 Å². The highest BCUT2D eigenvalue weighted by atomic mass is 19.1. The molecule has 0 bridgehead atoms. The first-order chi connectivity index (χ1) is 10.9. The fourth-order valence-electron chi connectivity index (χ4n) is 1.57. The Labute approximate surface area is 128 Å². The first-order valence-corrected chi connectivity index (χ1v) is 6.02. The zero-order valence-corrected chi connectivity index (χ0v) is 11.3. The van der Waals surface area contributed by atoms with E-state index in [2.05, 4.69) is 15.6 Å². The Balaban J connectivity index is 2.06. The van der Waals surface area contributed by atoms with Crippen molar-refractivity contribution in [1.82, 2.24) is 4.98 Å². The Hall–Kier alpha value is -2.99. The summed E-state index contributed by atoms with van der Waals surface area (Å²) < 4.78 is 13.6. The van der Waals surface area contributed by atoms with E-state index in [9.17, 15) is 19.6 Å². The number of hydrogen-bond donors (Lipinski definition) is 4. The van der Waals surface area contributed by atoms with Crippen molar-refractivity contribution >= 4 is 28.9 Å². The van der Waals surface area contributed by atoms with Gasteiger partial charge >= 0.3 is 6.03 Å². The van der Waals surface area contributed by atoms with Crippen molar-refractivity contribution in [3.63, 3.8) is 0 Å². The Morgan fingerprint density at radius 2 is 1.83 bits per heavy atom. The molecule has 0 aliphatic rings. The first kappa shape index (κ1) is 16.4. The number of aromatic nitrogens is 1. The Morgan fingerprint density at radius 1 is 1.13 bits per heavy atom. The lowest BCUT2D eigenvalue weighted by Gasteiger charge is -2.36.